The molecular weight excluding hydrogens is 398 g/mol. The predicted molar refractivity (Wildman–Crippen MR) is 109 cm³/mol. The van der Waals surface area contributed by atoms with Gasteiger partial charge >= 0.3 is 12.0 Å². The molecule has 0 radical (unpaired) electrons. The quantitative estimate of drug-likeness (QED) is 0.463. The number of amides is 2. The number of hydrogen-bond acceptors (Lipinski definition) is 8. The van der Waals surface area contributed by atoms with Crippen LogP contribution in [0.4, 0.5) is 10.5 Å². The zero-order chi connectivity index (χ0) is 21.2. The third-order valence-corrected chi connectivity index (χ3v) is 4.77. The summed E-state index contributed by atoms with van der Waals surface area (Å²) in [6, 6.07) is 4.81. The molecule has 0 atom stereocenters. The summed E-state index contributed by atoms with van der Waals surface area (Å²) in [7, 11) is 5.99. The van der Waals surface area contributed by atoms with Gasteiger partial charge in [0.1, 0.15) is 16.5 Å². The van der Waals surface area contributed by atoms with E-state index in [4.69, 9.17) is 14.2 Å². The number of methoxy groups -OCH3 is 4. The monoisotopic (exact) mass is 423 g/mol. The highest BCUT2D eigenvalue weighted by Crippen LogP contribution is 2.26. The molecule has 0 spiro atoms. The Morgan fingerprint density at radius 2 is 1.79 bits per heavy atom. The van der Waals surface area contributed by atoms with Crippen LogP contribution in [0.1, 0.15) is 21.9 Å². The van der Waals surface area contributed by atoms with Crippen molar-refractivity contribution in [1.82, 2.24) is 9.88 Å². The van der Waals surface area contributed by atoms with Crippen LogP contribution in [0.25, 0.3) is 0 Å². The molecule has 0 aliphatic rings. The van der Waals surface area contributed by atoms with Crippen molar-refractivity contribution in [3.63, 3.8) is 0 Å². The number of nitrogens with one attached hydrogen (secondary N) is 1. The van der Waals surface area contributed by atoms with E-state index in [1.54, 1.807) is 49.8 Å². The van der Waals surface area contributed by atoms with Gasteiger partial charge in [-0.15, -0.1) is 11.3 Å². The maximum absolute atomic E-state index is 12.9. The molecule has 9 nitrogen and oxygen atoms in total. The standard InChI is InChI=1S/C19H25N3O6S/c1-25-7-5-6-22(11-17-21-16(12-29-17)18(23)28-4)19(24)20-13-8-14(26-2)10-15(9-13)27-3/h8-10,12H,5-7,11H2,1-4H3,(H,20,24). The SMILES string of the molecule is COCCCN(Cc1nc(C(=O)OC)cs1)C(=O)Nc1cc(OC)cc(OC)c1. The van der Waals surface area contributed by atoms with Crippen LogP contribution < -0.4 is 14.8 Å². The summed E-state index contributed by atoms with van der Waals surface area (Å²) in [5.41, 5.74) is 0.764. The van der Waals surface area contributed by atoms with Crippen molar-refractivity contribution in [3.8, 4) is 11.5 Å². The summed E-state index contributed by atoms with van der Waals surface area (Å²) in [4.78, 5) is 30.3. The van der Waals surface area contributed by atoms with Gasteiger partial charge in [0.25, 0.3) is 0 Å². The molecule has 0 bridgehead atoms. The van der Waals surface area contributed by atoms with Crippen LogP contribution in [-0.4, -0.2) is 63.5 Å². The van der Waals surface area contributed by atoms with Crippen LogP contribution in [-0.2, 0) is 16.0 Å². The lowest BCUT2D eigenvalue weighted by molar-refractivity contribution is 0.0594. The van der Waals surface area contributed by atoms with E-state index < -0.39 is 5.97 Å². The van der Waals surface area contributed by atoms with Gasteiger partial charge in [-0.25, -0.2) is 14.6 Å². The lowest BCUT2D eigenvalue weighted by Gasteiger charge is -2.22. The fraction of sp³-hybridized carbons (Fsp3) is 0.421. The number of hydrogen-bond donors (Lipinski definition) is 1. The summed E-state index contributed by atoms with van der Waals surface area (Å²) >= 11 is 1.29. The van der Waals surface area contributed by atoms with E-state index >= 15 is 0 Å². The summed E-state index contributed by atoms with van der Waals surface area (Å²) in [6.07, 6.45) is 0.653. The molecule has 10 heteroatoms. The minimum atomic E-state index is -0.508. The minimum Gasteiger partial charge on any atom is -0.497 e. The predicted octanol–water partition coefficient (Wildman–Crippen LogP) is 3.02. The summed E-state index contributed by atoms with van der Waals surface area (Å²) in [5, 5.41) is 5.09. The van der Waals surface area contributed by atoms with Crippen molar-refractivity contribution in [3.05, 3.63) is 34.3 Å². The first-order chi connectivity index (χ1) is 14.0. The van der Waals surface area contributed by atoms with Gasteiger partial charge in [0, 0.05) is 49.5 Å². The van der Waals surface area contributed by atoms with Gasteiger partial charge in [0.15, 0.2) is 5.69 Å². The number of carbonyl (C=O) groups excluding carboxylic acids is 2. The number of anilines is 1. The van der Waals surface area contributed by atoms with E-state index in [9.17, 15) is 9.59 Å². The van der Waals surface area contributed by atoms with Crippen LogP contribution in [0.3, 0.4) is 0 Å². The highest BCUT2D eigenvalue weighted by Gasteiger charge is 2.18. The molecule has 29 heavy (non-hydrogen) atoms. The molecule has 2 rings (SSSR count). The van der Waals surface area contributed by atoms with Gasteiger partial charge in [-0.3, -0.25) is 0 Å². The molecule has 0 unspecified atom stereocenters. The molecule has 0 aliphatic heterocycles. The third-order valence-electron chi connectivity index (χ3n) is 3.94. The molecule has 158 valence electrons. The Hall–Kier alpha value is -2.85. The lowest BCUT2D eigenvalue weighted by atomic mass is 10.2. The van der Waals surface area contributed by atoms with E-state index in [1.807, 2.05) is 0 Å². The van der Waals surface area contributed by atoms with E-state index in [1.165, 1.54) is 18.4 Å². The number of esters is 1. The Balaban J connectivity index is 2.14. The Labute approximate surface area is 173 Å². The molecule has 1 aromatic heterocycles. The minimum absolute atomic E-state index is 0.224. The van der Waals surface area contributed by atoms with Crippen molar-refractivity contribution in [1.29, 1.82) is 0 Å². The van der Waals surface area contributed by atoms with E-state index in [-0.39, 0.29) is 18.3 Å². The van der Waals surface area contributed by atoms with E-state index in [0.717, 1.165) is 0 Å². The Morgan fingerprint density at radius 3 is 2.38 bits per heavy atom. The highest BCUT2D eigenvalue weighted by atomic mass is 32.1. The normalized spacial score (nSPS) is 10.3. The smallest absolute Gasteiger partial charge is 0.357 e. The third kappa shape index (κ3) is 6.61. The summed E-state index contributed by atoms with van der Waals surface area (Å²) in [5.74, 6) is 0.618. The molecule has 0 saturated heterocycles. The van der Waals surface area contributed by atoms with Gasteiger partial charge in [-0.05, 0) is 6.42 Å². The van der Waals surface area contributed by atoms with Gasteiger partial charge in [-0.1, -0.05) is 0 Å². The lowest BCUT2D eigenvalue weighted by Crippen LogP contribution is -2.35. The second kappa shape index (κ2) is 11.2. The number of ether oxygens (including phenoxy) is 4. The molecule has 0 fully saturated rings. The first kappa shape index (κ1) is 22.4. The number of aromatic nitrogens is 1. The van der Waals surface area contributed by atoms with Crippen LogP contribution in [0.5, 0.6) is 11.5 Å². The van der Waals surface area contributed by atoms with Crippen molar-refractivity contribution < 1.29 is 28.5 Å². The fourth-order valence-electron chi connectivity index (χ4n) is 2.48. The van der Waals surface area contributed by atoms with Gasteiger partial charge in [-0.2, -0.15) is 0 Å². The summed E-state index contributed by atoms with van der Waals surface area (Å²) in [6.45, 7) is 1.22. The van der Waals surface area contributed by atoms with Crippen molar-refractivity contribution in [2.45, 2.75) is 13.0 Å². The zero-order valence-electron chi connectivity index (χ0n) is 16.9. The average Bonchev–Trinajstić information content (AvgIpc) is 3.20. The Morgan fingerprint density at radius 1 is 1.10 bits per heavy atom. The molecule has 1 heterocycles. The van der Waals surface area contributed by atoms with Crippen molar-refractivity contribution >= 4 is 29.0 Å². The summed E-state index contributed by atoms with van der Waals surface area (Å²) < 4.78 is 20.2. The van der Waals surface area contributed by atoms with Crippen LogP contribution in [0, 0.1) is 0 Å². The maximum Gasteiger partial charge on any atom is 0.357 e. The molecule has 2 amide bonds. The molecule has 2 aromatic rings. The van der Waals surface area contributed by atoms with Gasteiger partial charge in [0.05, 0.1) is 27.9 Å². The van der Waals surface area contributed by atoms with Crippen molar-refractivity contribution in [2.75, 3.05) is 46.9 Å². The number of benzene rings is 1. The Bertz CT molecular complexity index is 804. The topological polar surface area (TPSA) is 99.2 Å². The van der Waals surface area contributed by atoms with E-state index in [2.05, 4.69) is 15.0 Å². The molecule has 0 saturated carbocycles. The second-order valence-electron chi connectivity index (χ2n) is 5.92. The molecule has 1 N–H and O–H groups in total. The fourth-order valence-corrected chi connectivity index (χ4v) is 3.26. The van der Waals surface area contributed by atoms with Gasteiger partial charge < -0.3 is 29.2 Å². The number of rotatable bonds is 10. The van der Waals surface area contributed by atoms with Crippen LogP contribution in [0.15, 0.2) is 23.6 Å². The number of urea groups is 1. The van der Waals surface area contributed by atoms with Crippen molar-refractivity contribution in [2.24, 2.45) is 0 Å². The maximum atomic E-state index is 12.9. The first-order valence-corrected chi connectivity index (χ1v) is 9.69. The van der Waals surface area contributed by atoms with Crippen LogP contribution in [0.2, 0.25) is 0 Å². The first-order valence-electron chi connectivity index (χ1n) is 8.81. The molecular formula is C19H25N3O6S. The highest BCUT2D eigenvalue weighted by molar-refractivity contribution is 7.09. The molecule has 0 aliphatic carbocycles. The second-order valence-corrected chi connectivity index (χ2v) is 6.86. The number of thiazole rings is 1. The molecule has 1 aromatic carbocycles. The van der Waals surface area contributed by atoms with E-state index in [0.29, 0.717) is 41.8 Å². The number of carbonyl (C=O) groups is 2. The zero-order valence-corrected chi connectivity index (χ0v) is 17.7. The van der Waals surface area contributed by atoms with Gasteiger partial charge in [0.2, 0.25) is 0 Å². The average molecular weight is 423 g/mol. The largest absolute Gasteiger partial charge is 0.497 e. The Kier molecular flexibility index (Phi) is 8.68. The van der Waals surface area contributed by atoms with Crippen LogP contribution >= 0.6 is 11.3 Å². The number of nitrogens with zero attached hydrogens (tertiary/aromatic N) is 2.